The molecule has 1 unspecified atom stereocenters. The van der Waals surface area contributed by atoms with Crippen molar-refractivity contribution in [1.29, 1.82) is 0 Å². The molecule has 1 aliphatic rings. The van der Waals surface area contributed by atoms with E-state index in [-0.39, 0.29) is 18.1 Å². The Morgan fingerprint density at radius 1 is 1.67 bits per heavy atom. The second kappa shape index (κ2) is 4.45. The highest BCUT2D eigenvalue weighted by molar-refractivity contribution is 5.69. The Morgan fingerprint density at radius 2 is 2.33 bits per heavy atom. The predicted molar refractivity (Wildman–Crippen MR) is 46.6 cm³/mol. The molecule has 0 aromatic heterocycles. The molecule has 0 heterocycles. The third-order valence-corrected chi connectivity index (χ3v) is 2.15. The monoisotopic (exact) mass is 171 g/mol. The Labute approximate surface area is 73.3 Å². The van der Waals surface area contributed by atoms with E-state index >= 15 is 0 Å². The number of rotatable bonds is 4. The highest BCUT2D eigenvalue weighted by Gasteiger charge is 2.21. The Kier molecular flexibility index (Phi) is 3.53. The van der Waals surface area contributed by atoms with E-state index in [1.165, 1.54) is 6.42 Å². The van der Waals surface area contributed by atoms with E-state index in [1.807, 2.05) is 6.92 Å². The lowest BCUT2D eigenvalue weighted by Crippen LogP contribution is -2.26. The molecule has 1 aliphatic carbocycles. The molecule has 3 heteroatoms. The van der Waals surface area contributed by atoms with Gasteiger partial charge < -0.3 is 10.5 Å². The highest BCUT2D eigenvalue weighted by atomic mass is 16.5. The van der Waals surface area contributed by atoms with E-state index in [1.54, 1.807) is 0 Å². The second-order valence-corrected chi connectivity index (χ2v) is 3.56. The number of nitrogens with two attached hydrogens (primary N) is 1. The van der Waals surface area contributed by atoms with Crippen LogP contribution in [0.25, 0.3) is 0 Å². The summed E-state index contributed by atoms with van der Waals surface area (Å²) in [5, 5.41) is 0. The maximum Gasteiger partial charge on any atom is 0.306 e. The van der Waals surface area contributed by atoms with Crippen LogP contribution >= 0.6 is 0 Å². The Balaban J connectivity index is 2.03. The summed E-state index contributed by atoms with van der Waals surface area (Å²) in [7, 11) is 0. The summed E-state index contributed by atoms with van der Waals surface area (Å²) in [6, 6.07) is 0.0962. The van der Waals surface area contributed by atoms with Crippen molar-refractivity contribution in [3.05, 3.63) is 0 Å². The third kappa shape index (κ3) is 3.22. The zero-order valence-electron chi connectivity index (χ0n) is 7.58. The largest absolute Gasteiger partial charge is 0.462 e. The molecule has 0 aliphatic heterocycles. The Morgan fingerprint density at radius 3 is 2.75 bits per heavy atom. The van der Waals surface area contributed by atoms with Crippen LogP contribution < -0.4 is 5.73 Å². The van der Waals surface area contributed by atoms with Gasteiger partial charge in [-0.1, -0.05) is 0 Å². The Hall–Kier alpha value is -0.570. The van der Waals surface area contributed by atoms with Gasteiger partial charge in [-0.2, -0.15) is 0 Å². The smallest absolute Gasteiger partial charge is 0.306 e. The van der Waals surface area contributed by atoms with Crippen LogP contribution in [-0.4, -0.2) is 18.1 Å². The van der Waals surface area contributed by atoms with E-state index in [0.717, 1.165) is 19.3 Å². The minimum atomic E-state index is -0.0861. The average Bonchev–Trinajstić information content (AvgIpc) is 1.93. The van der Waals surface area contributed by atoms with Crippen molar-refractivity contribution in [2.24, 2.45) is 5.73 Å². The maximum absolute atomic E-state index is 11.1. The third-order valence-electron chi connectivity index (χ3n) is 2.15. The summed E-state index contributed by atoms with van der Waals surface area (Å²) < 4.78 is 5.14. The SMILES string of the molecule is CC(N)CCC(=O)OC1CCC1. The summed E-state index contributed by atoms with van der Waals surface area (Å²) in [5.74, 6) is -0.0861. The molecule has 12 heavy (non-hydrogen) atoms. The molecule has 1 rings (SSSR count). The first-order chi connectivity index (χ1) is 5.68. The number of ether oxygens (including phenoxy) is 1. The number of carbonyl (C=O) groups is 1. The first-order valence-corrected chi connectivity index (χ1v) is 4.63. The minimum absolute atomic E-state index is 0.0861. The van der Waals surface area contributed by atoms with E-state index in [4.69, 9.17) is 10.5 Å². The van der Waals surface area contributed by atoms with Gasteiger partial charge in [0.2, 0.25) is 0 Å². The molecule has 0 aromatic carbocycles. The topological polar surface area (TPSA) is 52.3 Å². The molecular formula is C9H17NO2. The predicted octanol–water partition coefficient (Wildman–Crippen LogP) is 1.21. The first-order valence-electron chi connectivity index (χ1n) is 4.63. The van der Waals surface area contributed by atoms with E-state index in [2.05, 4.69) is 0 Å². The van der Waals surface area contributed by atoms with Gasteiger partial charge in [0, 0.05) is 12.5 Å². The van der Waals surface area contributed by atoms with Crippen LogP contribution in [0.5, 0.6) is 0 Å². The molecule has 0 spiro atoms. The Bertz CT molecular complexity index is 153. The number of hydrogen-bond acceptors (Lipinski definition) is 3. The van der Waals surface area contributed by atoms with E-state index in [0.29, 0.717) is 6.42 Å². The van der Waals surface area contributed by atoms with Crippen LogP contribution in [0.4, 0.5) is 0 Å². The van der Waals surface area contributed by atoms with Gasteiger partial charge >= 0.3 is 5.97 Å². The van der Waals surface area contributed by atoms with Gasteiger partial charge in [0.05, 0.1) is 0 Å². The summed E-state index contributed by atoms with van der Waals surface area (Å²) in [6.45, 7) is 1.90. The summed E-state index contributed by atoms with van der Waals surface area (Å²) in [4.78, 5) is 11.1. The van der Waals surface area contributed by atoms with E-state index < -0.39 is 0 Å². The molecule has 0 bridgehead atoms. The zero-order chi connectivity index (χ0) is 8.97. The van der Waals surface area contributed by atoms with Gasteiger partial charge in [0.25, 0.3) is 0 Å². The summed E-state index contributed by atoms with van der Waals surface area (Å²) >= 11 is 0. The molecule has 1 atom stereocenters. The van der Waals surface area contributed by atoms with Gasteiger partial charge in [-0.25, -0.2) is 0 Å². The normalized spacial score (nSPS) is 19.8. The van der Waals surface area contributed by atoms with Crippen LogP contribution in [-0.2, 0) is 9.53 Å². The molecule has 2 N–H and O–H groups in total. The zero-order valence-corrected chi connectivity index (χ0v) is 7.58. The molecule has 0 radical (unpaired) electrons. The molecule has 70 valence electrons. The number of carbonyl (C=O) groups excluding carboxylic acids is 1. The molecular weight excluding hydrogens is 154 g/mol. The van der Waals surface area contributed by atoms with Gasteiger partial charge in [0.1, 0.15) is 6.10 Å². The van der Waals surface area contributed by atoms with Crippen LogP contribution in [0, 0.1) is 0 Å². The van der Waals surface area contributed by atoms with Crippen molar-refractivity contribution in [3.63, 3.8) is 0 Å². The lowest BCUT2D eigenvalue weighted by molar-refractivity contribution is -0.153. The fourth-order valence-corrected chi connectivity index (χ4v) is 1.08. The molecule has 1 fully saturated rings. The van der Waals surface area contributed by atoms with Crippen molar-refractivity contribution in [2.45, 2.75) is 51.2 Å². The lowest BCUT2D eigenvalue weighted by atomic mass is 9.96. The van der Waals surface area contributed by atoms with Gasteiger partial charge in [-0.05, 0) is 32.6 Å². The average molecular weight is 171 g/mol. The first kappa shape index (κ1) is 9.52. The van der Waals surface area contributed by atoms with Crippen molar-refractivity contribution >= 4 is 5.97 Å². The fourth-order valence-electron chi connectivity index (χ4n) is 1.08. The van der Waals surface area contributed by atoms with Gasteiger partial charge in [-0.15, -0.1) is 0 Å². The highest BCUT2D eigenvalue weighted by Crippen LogP contribution is 2.22. The van der Waals surface area contributed by atoms with Crippen LogP contribution in [0.3, 0.4) is 0 Å². The summed E-state index contributed by atoms with van der Waals surface area (Å²) in [5.41, 5.74) is 5.51. The standard InChI is InChI=1S/C9H17NO2/c1-7(10)5-6-9(11)12-8-3-2-4-8/h7-8H,2-6,10H2,1H3. The molecule has 0 saturated heterocycles. The van der Waals surface area contributed by atoms with Crippen molar-refractivity contribution < 1.29 is 9.53 Å². The molecule has 1 saturated carbocycles. The molecule has 0 aromatic rings. The quantitative estimate of drug-likeness (QED) is 0.647. The summed E-state index contributed by atoms with van der Waals surface area (Å²) in [6.07, 6.45) is 4.70. The van der Waals surface area contributed by atoms with Crippen molar-refractivity contribution in [3.8, 4) is 0 Å². The lowest BCUT2D eigenvalue weighted by Gasteiger charge is -2.25. The maximum atomic E-state index is 11.1. The van der Waals surface area contributed by atoms with Crippen LogP contribution in [0.15, 0.2) is 0 Å². The fraction of sp³-hybridized carbons (Fsp3) is 0.889. The minimum Gasteiger partial charge on any atom is -0.462 e. The van der Waals surface area contributed by atoms with Crippen molar-refractivity contribution in [1.82, 2.24) is 0 Å². The van der Waals surface area contributed by atoms with Gasteiger partial charge in [0.15, 0.2) is 0 Å². The van der Waals surface area contributed by atoms with Crippen LogP contribution in [0.2, 0.25) is 0 Å². The second-order valence-electron chi connectivity index (χ2n) is 3.56. The van der Waals surface area contributed by atoms with Crippen LogP contribution in [0.1, 0.15) is 39.0 Å². The van der Waals surface area contributed by atoms with Crippen molar-refractivity contribution in [2.75, 3.05) is 0 Å². The molecule has 0 amide bonds. The van der Waals surface area contributed by atoms with E-state index in [9.17, 15) is 4.79 Å². The van der Waals surface area contributed by atoms with Gasteiger partial charge in [-0.3, -0.25) is 4.79 Å². The number of esters is 1. The molecule has 3 nitrogen and oxygen atoms in total. The number of hydrogen-bond donors (Lipinski definition) is 1.